The van der Waals surface area contributed by atoms with E-state index in [1.807, 2.05) is 18.2 Å². The highest BCUT2D eigenvalue weighted by Crippen LogP contribution is 2.13. The van der Waals surface area contributed by atoms with Crippen LogP contribution in [0.3, 0.4) is 0 Å². The quantitative estimate of drug-likeness (QED) is 0.824. The minimum Gasteiger partial charge on any atom is -0.398 e. The summed E-state index contributed by atoms with van der Waals surface area (Å²) in [6.07, 6.45) is 1.01. The molecule has 0 aromatic heterocycles. The Morgan fingerprint density at radius 3 is 2.47 bits per heavy atom. The first-order chi connectivity index (χ1) is 9.15. The lowest BCUT2D eigenvalue weighted by atomic mass is 10.1. The normalized spacial score (nSPS) is 12.3. The molecule has 0 heterocycles. The molecule has 100 valence electrons. The van der Waals surface area contributed by atoms with Crippen LogP contribution in [0.1, 0.15) is 18.1 Å². The van der Waals surface area contributed by atoms with Crippen LogP contribution in [0, 0.1) is 0 Å². The summed E-state index contributed by atoms with van der Waals surface area (Å²) in [5, 5.41) is 3.51. The number of nitrogen functional groups attached to an aromatic ring is 1. The molecule has 0 fully saturated rings. The number of hydrogen-bond acceptors (Lipinski definition) is 2. The standard InChI is InChI=1S/C16H19BrN2/c1-12(10-13-6-8-15(17)9-7-13)19-11-14-4-2-3-5-16(14)18/h2-9,12,19H,10-11,18H2,1H3. The highest BCUT2D eigenvalue weighted by Gasteiger charge is 2.04. The predicted molar refractivity (Wildman–Crippen MR) is 85.0 cm³/mol. The van der Waals surface area contributed by atoms with Crippen LogP contribution in [-0.4, -0.2) is 6.04 Å². The molecule has 1 unspecified atom stereocenters. The first-order valence-electron chi connectivity index (χ1n) is 6.46. The largest absolute Gasteiger partial charge is 0.398 e. The lowest BCUT2D eigenvalue weighted by molar-refractivity contribution is 0.546. The first-order valence-corrected chi connectivity index (χ1v) is 7.25. The molecule has 0 spiro atoms. The SMILES string of the molecule is CC(Cc1ccc(Br)cc1)NCc1ccccc1N. The Balaban J connectivity index is 1.86. The summed E-state index contributed by atoms with van der Waals surface area (Å²) in [6, 6.07) is 16.9. The van der Waals surface area contributed by atoms with Crippen LogP contribution in [0.15, 0.2) is 53.0 Å². The van der Waals surface area contributed by atoms with E-state index in [0.717, 1.165) is 28.7 Å². The number of anilines is 1. The van der Waals surface area contributed by atoms with Gasteiger partial charge in [-0.3, -0.25) is 0 Å². The van der Waals surface area contributed by atoms with Gasteiger partial charge in [-0.1, -0.05) is 46.3 Å². The fraction of sp³-hybridized carbons (Fsp3) is 0.250. The summed E-state index contributed by atoms with van der Waals surface area (Å²) >= 11 is 3.45. The van der Waals surface area contributed by atoms with Gasteiger partial charge in [0.1, 0.15) is 0 Å². The van der Waals surface area contributed by atoms with E-state index < -0.39 is 0 Å². The molecule has 1 atom stereocenters. The zero-order valence-corrected chi connectivity index (χ0v) is 12.7. The van der Waals surface area contributed by atoms with Crippen LogP contribution < -0.4 is 11.1 Å². The number of hydrogen-bond donors (Lipinski definition) is 2. The lowest BCUT2D eigenvalue weighted by Crippen LogP contribution is -2.27. The van der Waals surface area contributed by atoms with Gasteiger partial charge >= 0.3 is 0 Å². The molecule has 0 aliphatic heterocycles. The number of nitrogens with one attached hydrogen (secondary N) is 1. The van der Waals surface area contributed by atoms with E-state index in [1.165, 1.54) is 5.56 Å². The van der Waals surface area contributed by atoms with E-state index in [1.54, 1.807) is 0 Å². The third-order valence-electron chi connectivity index (χ3n) is 3.15. The fourth-order valence-electron chi connectivity index (χ4n) is 2.03. The number of rotatable bonds is 5. The van der Waals surface area contributed by atoms with Crippen molar-refractivity contribution in [3.63, 3.8) is 0 Å². The van der Waals surface area contributed by atoms with E-state index in [0.29, 0.717) is 6.04 Å². The topological polar surface area (TPSA) is 38.0 Å². The summed E-state index contributed by atoms with van der Waals surface area (Å²) in [5.74, 6) is 0. The van der Waals surface area contributed by atoms with Gasteiger partial charge in [0.15, 0.2) is 0 Å². The summed E-state index contributed by atoms with van der Waals surface area (Å²) in [5.41, 5.74) is 9.28. The molecular weight excluding hydrogens is 300 g/mol. The molecule has 0 amide bonds. The van der Waals surface area contributed by atoms with Crippen LogP contribution in [0.25, 0.3) is 0 Å². The van der Waals surface area contributed by atoms with Crippen LogP contribution in [-0.2, 0) is 13.0 Å². The van der Waals surface area contributed by atoms with Crippen LogP contribution in [0.2, 0.25) is 0 Å². The predicted octanol–water partition coefficient (Wildman–Crippen LogP) is 3.75. The van der Waals surface area contributed by atoms with E-state index in [4.69, 9.17) is 5.73 Å². The molecule has 0 aliphatic rings. The molecule has 2 aromatic rings. The third kappa shape index (κ3) is 4.37. The maximum atomic E-state index is 5.93. The van der Waals surface area contributed by atoms with Crippen molar-refractivity contribution in [2.75, 3.05) is 5.73 Å². The fourth-order valence-corrected chi connectivity index (χ4v) is 2.29. The second kappa shape index (κ2) is 6.73. The van der Waals surface area contributed by atoms with Crippen molar-refractivity contribution in [1.82, 2.24) is 5.32 Å². The molecule has 3 heteroatoms. The van der Waals surface area contributed by atoms with Crippen LogP contribution in [0.5, 0.6) is 0 Å². The smallest absolute Gasteiger partial charge is 0.0359 e. The summed E-state index contributed by atoms with van der Waals surface area (Å²) in [6.45, 7) is 3.01. The van der Waals surface area contributed by atoms with Gasteiger partial charge in [0.05, 0.1) is 0 Å². The van der Waals surface area contributed by atoms with Crippen molar-refractivity contribution in [2.45, 2.75) is 25.9 Å². The average molecular weight is 319 g/mol. The zero-order chi connectivity index (χ0) is 13.7. The van der Waals surface area contributed by atoms with Gasteiger partial charge in [0.25, 0.3) is 0 Å². The van der Waals surface area contributed by atoms with Gasteiger partial charge < -0.3 is 11.1 Å². The van der Waals surface area contributed by atoms with E-state index >= 15 is 0 Å². The van der Waals surface area contributed by atoms with Crippen molar-refractivity contribution in [3.05, 3.63) is 64.1 Å². The Morgan fingerprint density at radius 2 is 1.79 bits per heavy atom. The zero-order valence-electron chi connectivity index (χ0n) is 11.1. The van der Waals surface area contributed by atoms with Crippen molar-refractivity contribution in [2.24, 2.45) is 0 Å². The molecule has 2 rings (SSSR count). The number of halogens is 1. The van der Waals surface area contributed by atoms with Crippen molar-refractivity contribution >= 4 is 21.6 Å². The molecule has 2 aromatic carbocycles. The molecule has 0 saturated carbocycles. The molecule has 2 nitrogen and oxygen atoms in total. The Bertz CT molecular complexity index is 523. The van der Waals surface area contributed by atoms with E-state index in [-0.39, 0.29) is 0 Å². The van der Waals surface area contributed by atoms with E-state index in [2.05, 4.69) is 58.5 Å². The Kier molecular flexibility index (Phi) is 5.00. The van der Waals surface area contributed by atoms with Gasteiger partial charge in [-0.15, -0.1) is 0 Å². The van der Waals surface area contributed by atoms with Gasteiger partial charge in [0, 0.05) is 22.7 Å². The minimum absolute atomic E-state index is 0.417. The Morgan fingerprint density at radius 1 is 1.11 bits per heavy atom. The molecule has 0 bridgehead atoms. The highest BCUT2D eigenvalue weighted by molar-refractivity contribution is 9.10. The average Bonchev–Trinajstić information content (AvgIpc) is 2.40. The molecule has 3 N–H and O–H groups in total. The molecular formula is C16H19BrN2. The molecule has 0 saturated heterocycles. The molecule has 19 heavy (non-hydrogen) atoms. The Hall–Kier alpha value is -1.32. The summed E-state index contributed by atoms with van der Waals surface area (Å²) in [7, 11) is 0. The second-order valence-corrected chi connectivity index (χ2v) is 5.73. The first kappa shape index (κ1) is 14.1. The molecule has 0 aliphatic carbocycles. The van der Waals surface area contributed by atoms with Crippen molar-refractivity contribution in [1.29, 1.82) is 0 Å². The van der Waals surface area contributed by atoms with Gasteiger partial charge in [0.2, 0.25) is 0 Å². The van der Waals surface area contributed by atoms with Crippen molar-refractivity contribution < 1.29 is 0 Å². The highest BCUT2D eigenvalue weighted by atomic mass is 79.9. The van der Waals surface area contributed by atoms with Gasteiger partial charge in [-0.05, 0) is 42.7 Å². The van der Waals surface area contributed by atoms with Crippen LogP contribution >= 0.6 is 15.9 Å². The maximum Gasteiger partial charge on any atom is 0.0359 e. The number of para-hydroxylation sites is 1. The van der Waals surface area contributed by atoms with Crippen LogP contribution in [0.4, 0.5) is 5.69 Å². The molecule has 0 radical (unpaired) electrons. The summed E-state index contributed by atoms with van der Waals surface area (Å²) in [4.78, 5) is 0. The number of nitrogens with two attached hydrogens (primary N) is 1. The third-order valence-corrected chi connectivity index (χ3v) is 3.68. The van der Waals surface area contributed by atoms with Gasteiger partial charge in [-0.25, -0.2) is 0 Å². The second-order valence-electron chi connectivity index (χ2n) is 4.81. The summed E-state index contributed by atoms with van der Waals surface area (Å²) < 4.78 is 1.12. The van der Waals surface area contributed by atoms with Crippen molar-refractivity contribution in [3.8, 4) is 0 Å². The Labute approximate surface area is 123 Å². The minimum atomic E-state index is 0.417. The number of benzene rings is 2. The van der Waals surface area contributed by atoms with Gasteiger partial charge in [-0.2, -0.15) is 0 Å². The maximum absolute atomic E-state index is 5.93. The monoisotopic (exact) mass is 318 g/mol. The lowest BCUT2D eigenvalue weighted by Gasteiger charge is -2.15. The van der Waals surface area contributed by atoms with E-state index in [9.17, 15) is 0 Å².